The summed E-state index contributed by atoms with van der Waals surface area (Å²) in [5.74, 6) is 0.105. The van der Waals surface area contributed by atoms with Crippen molar-refractivity contribution in [2.24, 2.45) is 23.2 Å². The van der Waals surface area contributed by atoms with Crippen LogP contribution in [0.4, 0.5) is 10.1 Å². The second-order valence-electron chi connectivity index (χ2n) is 9.73. The molecule has 1 fully saturated rings. The van der Waals surface area contributed by atoms with E-state index in [1.165, 1.54) is 18.3 Å². The van der Waals surface area contributed by atoms with Crippen LogP contribution < -0.4 is 9.92 Å². The number of hydrazine groups is 1. The van der Waals surface area contributed by atoms with Gasteiger partial charge in [-0.2, -0.15) is 4.41 Å². The van der Waals surface area contributed by atoms with E-state index in [4.69, 9.17) is 14.9 Å². The molecule has 2 N–H and O–H groups in total. The topological polar surface area (TPSA) is 102 Å². The molecule has 1 aromatic carbocycles. The van der Waals surface area contributed by atoms with Crippen LogP contribution in [0.5, 0.6) is 5.88 Å². The van der Waals surface area contributed by atoms with Crippen molar-refractivity contribution in [3.63, 3.8) is 0 Å². The Labute approximate surface area is 231 Å². The fraction of sp³-hybridized carbons (Fsp3) is 0.286. The van der Waals surface area contributed by atoms with Crippen molar-refractivity contribution < 1.29 is 13.4 Å². The van der Waals surface area contributed by atoms with Gasteiger partial charge >= 0.3 is 0 Å². The number of carbonyl (C=O) groups is 1. The van der Waals surface area contributed by atoms with Gasteiger partial charge in [-0.25, -0.2) is 14.4 Å². The number of nitrogens with zero attached hydrogens (tertiary/aromatic N) is 6. The average molecular weight is 548 g/mol. The van der Waals surface area contributed by atoms with E-state index in [0.717, 1.165) is 28.9 Å². The van der Waals surface area contributed by atoms with Crippen LogP contribution in [0.1, 0.15) is 28.9 Å². The molecule has 1 unspecified atom stereocenters. The average Bonchev–Trinajstić information content (AvgIpc) is 3.36. The minimum Gasteiger partial charge on any atom is -0.404 e. The quantitative estimate of drug-likeness (QED) is 0.261. The second kappa shape index (κ2) is 11.1. The molecule has 1 atom stereocenters. The van der Waals surface area contributed by atoms with Crippen molar-refractivity contribution in [3.05, 3.63) is 95.4 Å². The summed E-state index contributed by atoms with van der Waals surface area (Å²) in [6.07, 6.45) is 7.94. The van der Waals surface area contributed by atoms with Gasteiger partial charge in [0.15, 0.2) is 18.0 Å². The molecule has 9 nitrogen and oxygen atoms in total. The van der Waals surface area contributed by atoms with Gasteiger partial charge in [0.1, 0.15) is 11.5 Å². The number of Topliss-reactive ketones (excluding diaryl/α,β-unsaturated/α-hetero) is 1. The number of halogens is 1. The van der Waals surface area contributed by atoms with Crippen molar-refractivity contribution in [2.75, 3.05) is 20.1 Å². The molecule has 0 amide bonds. The third-order valence-corrected chi connectivity index (χ3v) is 7.71. The highest BCUT2D eigenvalue weighted by molar-refractivity contribution is 7.92. The fourth-order valence-electron chi connectivity index (χ4n) is 4.96. The molecule has 0 bridgehead atoms. The molecule has 0 saturated carbocycles. The lowest BCUT2D eigenvalue weighted by Crippen LogP contribution is -2.54. The highest BCUT2D eigenvalue weighted by Gasteiger charge is 2.50. The van der Waals surface area contributed by atoms with E-state index >= 15 is 0 Å². The number of rotatable bonds is 7. The Balaban J connectivity index is 1.50. The Bertz CT molecular complexity index is 1470. The molecule has 5 rings (SSSR count). The summed E-state index contributed by atoms with van der Waals surface area (Å²) in [5, 5.41) is 6.35. The highest BCUT2D eigenvalue weighted by atomic mass is 32.2. The fourth-order valence-corrected chi connectivity index (χ4v) is 5.47. The smallest absolute Gasteiger partial charge is 0.248 e. The van der Waals surface area contributed by atoms with Crippen molar-refractivity contribution in [3.8, 4) is 5.88 Å². The van der Waals surface area contributed by atoms with Crippen LogP contribution in [0, 0.1) is 18.2 Å². The molecule has 0 radical (unpaired) electrons. The van der Waals surface area contributed by atoms with E-state index in [1.807, 2.05) is 49.8 Å². The normalized spacial score (nSPS) is 21.7. The number of benzene rings is 1. The maximum atomic E-state index is 14.3. The lowest BCUT2D eigenvalue weighted by Gasteiger charge is -2.47. The summed E-state index contributed by atoms with van der Waals surface area (Å²) in [6, 6.07) is 11.5. The van der Waals surface area contributed by atoms with Crippen LogP contribution in [0.25, 0.3) is 0 Å². The number of hydrogen-bond acceptors (Lipinski definition) is 9. The van der Waals surface area contributed by atoms with Crippen molar-refractivity contribution >= 4 is 29.4 Å². The molecule has 1 aliphatic heterocycles. The molecule has 11 heteroatoms. The summed E-state index contributed by atoms with van der Waals surface area (Å²) in [4.78, 5) is 23.4. The number of ketones is 1. The van der Waals surface area contributed by atoms with E-state index in [2.05, 4.69) is 15.1 Å². The van der Waals surface area contributed by atoms with Crippen LogP contribution in [-0.2, 0) is 7.05 Å². The van der Waals surface area contributed by atoms with Gasteiger partial charge in [-0.15, -0.1) is 5.10 Å². The van der Waals surface area contributed by atoms with Gasteiger partial charge in [0, 0.05) is 45.6 Å². The van der Waals surface area contributed by atoms with E-state index < -0.39 is 5.41 Å². The molecular formula is C28H30FN7O2S. The van der Waals surface area contributed by atoms with Crippen LogP contribution in [-0.4, -0.2) is 55.8 Å². The first-order valence-electron chi connectivity index (χ1n) is 12.5. The van der Waals surface area contributed by atoms with Crippen LogP contribution in [0.3, 0.4) is 0 Å². The van der Waals surface area contributed by atoms with Gasteiger partial charge in [-0.3, -0.25) is 14.5 Å². The highest BCUT2D eigenvalue weighted by Crippen LogP contribution is 2.47. The third-order valence-electron chi connectivity index (χ3n) is 7.02. The van der Waals surface area contributed by atoms with Gasteiger partial charge in [0.25, 0.3) is 0 Å². The van der Waals surface area contributed by atoms with Gasteiger partial charge < -0.3 is 9.92 Å². The molecule has 3 heterocycles. The summed E-state index contributed by atoms with van der Waals surface area (Å²) in [6.45, 7) is 3.02. The Morgan fingerprint density at radius 2 is 2.08 bits per heavy atom. The molecule has 202 valence electrons. The molecule has 0 spiro atoms. The largest absolute Gasteiger partial charge is 0.404 e. The standard InChI is InChI=1S/C28H30FN7O2S/c1-19-8-11-31-25(14-19)27(37)28-16-20(17-30)24(32-23-6-4-22(29)5-7-23)15-21(28)9-13-36(18-28)35(3)39-38-26-10-12-34(2)33-26/h4-8,10-12,14-15,17H,9,13,16,18,30H2,1-3H3. The summed E-state index contributed by atoms with van der Waals surface area (Å²) in [5.41, 5.74) is 9.59. The number of pyridine rings is 1. The number of aromatic nitrogens is 3. The number of hydrogen-bond donors (Lipinski definition) is 1. The monoisotopic (exact) mass is 547 g/mol. The number of carbonyl (C=O) groups excluding carboxylic acids is 1. The minimum atomic E-state index is -0.897. The van der Waals surface area contributed by atoms with Crippen LogP contribution >= 0.6 is 12.2 Å². The maximum Gasteiger partial charge on any atom is 0.248 e. The summed E-state index contributed by atoms with van der Waals surface area (Å²) in [7, 11) is 3.73. The zero-order chi connectivity index (χ0) is 27.6. The Morgan fingerprint density at radius 1 is 1.28 bits per heavy atom. The second-order valence-corrected chi connectivity index (χ2v) is 10.6. The first-order chi connectivity index (χ1) is 18.8. The molecule has 3 aromatic rings. The lowest BCUT2D eigenvalue weighted by atomic mass is 9.64. The van der Waals surface area contributed by atoms with Gasteiger partial charge in [-0.05, 0) is 79.6 Å². The maximum absolute atomic E-state index is 14.3. The first-order valence-corrected chi connectivity index (χ1v) is 13.2. The van der Waals surface area contributed by atoms with Crippen molar-refractivity contribution in [1.82, 2.24) is 24.2 Å². The van der Waals surface area contributed by atoms with Crippen LogP contribution in [0.15, 0.2) is 83.3 Å². The Morgan fingerprint density at radius 3 is 2.77 bits per heavy atom. The van der Waals surface area contributed by atoms with E-state index in [-0.39, 0.29) is 11.6 Å². The summed E-state index contributed by atoms with van der Waals surface area (Å²) >= 11 is 1.15. The van der Waals surface area contributed by atoms with Crippen molar-refractivity contribution in [2.45, 2.75) is 19.8 Å². The predicted molar refractivity (Wildman–Crippen MR) is 150 cm³/mol. The summed E-state index contributed by atoms with van der Waals surface area (Å²) < 4.78 is 22.8. The van der Waals surface area contributed by atoms with E-state index in [0.29, 0.717) is 48.9 Å². The Kier molecular flexibility index (Phi) is 7.65. The number of aryl methyl sites for hydroxylation is 2. The first kappa shape index (κ1) is 26.8. The third kappa shape index (κ3) is 5.65. The predicted octanol–water partition coefficient (Wildman–Crippen LogP) is 4.57. The molecular weight excluding hydrogens is 517 g/mol. The number of fused-ring (bicyclic) bond motifs is 1. The van der Waals surface area contributed by atoms with Gasteiger partial charge in [-0.1, -0.05) is 5.57 Å². The zero-order valence-corrected chi connectivity index (χ0v) is 22.9. The number of piperidine rings is 1. The van der Waals surface area contributed by atoms with E-state index in [9.17, 15) is 9.18 Å². The molecule has 1 saturated heterocycles. The SMILES string of the molecule is Cc1ccnc(C(=O)C23CC(=CN)C(=Nc4ccc(F)cc4)C=C2CCN(N(C)SOc2ccn(C)n2)C3)c1. The number of nitrogens with two attached hydrogens (primary N) is 1. The van der Waals surface area contributed by atoms with Crippen LogP contribution in [0.2, 0.25) is 0 Å². The minimum absolute atomic E-state index is 0.0635. The molecule has 39 heavy (non-hydrogen) atoms. The van der Waals surface area contributed by atoms with Crippen molar-refractivity contribution in [1.29, 1.82) is 0 Å². The molecule has 1 aliphatic carbocycles. The molecule has 2 aromatic heterocycles. The van der Waals surface area contributed by atoms with Gasteiger partial charge in [0.05, 0.1) is 16.8 Å². The molecule has 2 aliphatic rings. The number of allylic oxidation sites excluding steroid dienone is 2. The van der Waals surface area contributed by atoms with Gasteiger partial charge in [0.2, 0.25) is 5.88 Å². The zero-order valence-electron chi connectivity index (χ0n) is 22.0. The Hall–Kier alpha value is -3.80. The lowest BCUT2D eigenvalue weighted by molar-refractivity contribution is 0.0225. The van der Waals surface area contributed by atoms with E-state index in [1.54, 1.807) is 29.1 Å². The number of aliphatic imine (C=N–C) groups is 1.